The van der Waals surface area contributed by atoms with Crippen molar-refractivity contribution in [2.45, 2.75) is 59.1 Å². The van der Waals surface area contributed by atoms with Gasteiger partial charge >= 0.3 is 6.09 Å². The number of rotatable bonds is 5. The average molecular weight is 442 g/mol. The summed E-state index contributed by atoms with van der Waals surface area (Å²) in [6.45, 7) is 11.3. The Morgan fingerprint density at radius 2 is 1.88 bits per heavy atom. The van der Waals surface area contributed by atoms with Crippen LogP contribution in [0.5, 0.6) is 17.4 Å². The molecule has 0 saturated carbocycles. The minimum Gasteiger partial charge on any atom is -0.493 e. The Labute approximate surface area is 188 Å². The molecule has 0 bridgehead atoms. The van der Waals surface area contributed by atoms with Crippen molar-refractivity contribution in [3.05, 3.63) is 42.1 Å². The van der Waals surface area contributed by atoms with E-state index < -0.39 is 23.1 Å². The number of carbonyl (C=O) groups is 2. The second-order valence-corrected chi connectivity index (χ2v) is 9.55. The van der Waals surface area contributed by atoms with Crippen molar-refractivity contribution in [3.63, 3.8) is 0 Å². The first-order valence-corrected chi connectivity index (χ1v) is 10.6. The van der Waals surface area contributed by atoms with Crippen LogP contribution in [0, 0.1) is 5.92 Å². The van der Waals surface area contributed by atoms with Gasteiger partial charge < -0.3 is 24.8 Å². The first-order valence-electron chi connectivity index (χ1n) is 10.6. The highest BCUT2D eigenvalue weighted by molar-refractivity contribution is 5.99. The molecule has 172 valence electrons. The summed E-state index contributed by atoms with van der Waals surface area (Å²) in [4.78, 5) is 29.0. The normalized spacial score (nSPS) is 15.8. The number of anilines is 1. The second-order valence-electron chi connectivity index (χ2n) is 9.55. The average Bonchev–Trinajstić information content (AvgIpc) is 2.68. The van der Waals surface area contributed by atoms with E-state index >= 15 is 0 Å². The highest BCUT2D eigenvalue weighted by Gasteiger charge is 2.31. The summed E-state index contributed by atoms with van der Waals surface area (Å²) in [6.07, 6.45) is 1.72. The zero-order chi connectivity index (χ0) is 23.5. The fourth-order valence-electron chi connectivity index (χ4n) is 3.15. The number of nitrogens with one attached hydrogen (secondary N) is 2. The minimum atomic E-state index is -1.18. The molecule has 2 aromatic rings. The minimum absolute atomic E-state index is 0.401. The number of amides is 2. The molecule has 1 unspecified atom stereocenters. The molecule has 2 heterocycles. The molecule has 3 rings (SSSR count). The van der Waals surface area contributed by atoms with Gasteiger partial charge in [0.2, 0.25) is 11.8 Å². The van der Waals surface area contributed by atoms with E-state index in [1.165, 1.54) is 6.20 Å². The van der Waals surface area contributed by atoms with Gasteiger partial charge in [-0.2, -0.15) is 0 Å². The summed E-state index contributed by atoms with van der Waals surface area (Å²) in [5, 5.41) is 5.33. The Hall–Kier alpha value is -3.29. The van der Waals surface area contributed by atoms with Crippen LogP contribution >= 0.6 is 0 Å². The van der Waals surface area contributed by atoms with Crippen molar-refractivity contribution >= 4 is 17.7 Å². The molecule has 0 fully saturated rings. The third-order valence-corrected chi connectivity index (χ3v) is 4.76. The van der Waals surface area contributed by atoms with Crippen LogP contribution in [0.1, 0.15) is 47.1 Å². The van der Waals surface area contributed by atoms with E-state index in [0.29, 0.717) is 29.8 Å². The van der Waals surface area contributed by atoms with E-state index in [4.69, 9.17) is 14.2 Å². The topological polar surface area (TPSA) is 98.8 Å². The maximum Gasteiger partial charge on any atom is 0.408 e. The SMILES string of the molecule is CC1COc2cccc(Oc3ccc(NC(=O)C(C)(C)NC(=O)OC(C)(C)C)cn3)c2C1. The van der Waals surface area contributed by atoms with Crippen LogP contribution in [0.25, 0.3) is 0 Å². The second kappa shape index (κ2) is 9.06. The molecular formula is C24H31N3O5. The summed E-state index contributed by atoms with van der Waals surface area (Å²) in [5.74, 6) is 1.96. The van der Waals surface area contributed by atoms with Gasteiger partial charge in [-0.15, -0.1) is 0 Å². The number of alkyl carbamates (subject to hydrolysis) is 1. The molecule has 1 atom stereocenters. The van der Waals surface area contributed by atoms with Gasteiger partial charge in [-0.1, -0.05) is 13.0 Å². The van der Waals surface area contributed by atoms with Crippen molar-refractivity contribution in [2.75, 3.05) is 11.9 Å². The Morgan fingerprint density at radius 3 is 2.53 bits per heavy atom. The van der Waals surface area contributed by atoms with Crippen LogP contribution in [0.2, 0.25) is 0 Å². The maximum atomic E-state index is 12.6. The predicted octanol–water partition coefficient (Wildman–Crippen LogP) is 4.69. The fraction of sp³-hybridized carbons (Fsp3) is 0.458. The predicted molar refractivity (Wildman–Crippen MR) is 121 cm³/mol. The standard InChI is InChI=1S/C24H31N3O5/c1-15-12-17-18(30-14-15)8-7-9-19(17)31-20-11-10-16(13-25-20)26-21(28)24(5,6)27-22(29)32-23(2,3)4/h7-11,13,15H,12,14H2,1-6H3,(H,26,28)(H,27,29). The number of hydrogen-bond donors (Lipinski definition) is 2. The van der Waals surface area contributed by atoms with Gasteiger partial charge in [-0.3, -0.25) is 4.79 Å². The largest absolute Gasteiger partial charge is 0.493 e. The van der Waals surface area contributed by atoms with Crippen LogP contribution in [-0.2, 0) is 16.0 Å². The van der Waals surface area contributed by atoms with Crippen molar-refractivity contribution in [2.24, 2.45) is 5.92 Å². The molecule has 1 aromatic heterocycles. The molecule has 0 saturated heterocycles. The highest BCUT2D eigenvalue weighted by Crippen LogP contribution is 2.36. The quantitative estimate of drug-likeness (QED) is 0.699. The van der Waals surface area contributed by atoms with Gasteiger partial charge in [-0.25, -0.2) is 9.78 Å². The summed E-state index contributed by atoms with van der Waals surface area (Å²) in [5.41, 5.74) is -0.329. The van der Waals surface area contributed by atoms with E-state index in [9.17, 15) is 9.59 Å². The number of carbonyl (C=O) groups excluding carboxylic acids is 2. The van der Waals surface area contributed by atoms with Crippen LogP contribution in [0.15, 0.2) is 36.5 Å². The van der Waals surface area contributed by atoms with E-state index in [2.05, 4.69) is 22.5 Å². The zero-order valence-electron chi connectivity index (χ0n) is 19.4. The Morgan fingerprint density at radius 1 is 1.12 bits per heavy atom. The van der Waals surface area contributed by atoms with Gasteiger partial charge in [0, 0.05) is 11.6 Å². The lowest BCUT2D eigenvalue weighted by Gasteiger charge is -2.27. The molecular weight excluding hydrogens is 410 g/mol. The molecule has 1 aromatic carbocycles. The van der Waals surface area contributed by atoms with Crippen molar-refractivity contribution in [1.82, 2.24) is 10.3 Å². The van der Waals surface area contributed by atoms with Crippen LogP contribution in [0.3, 0.4) is 0 Å². The smallest absolute Gasteiger partial charge is 0.408 e. The van der Waals surface area contributed by atoms with E-state index in [1.54, 1.807) is 46.8 Å². The lowest BCUT2D eigenvalue weighted by molar-refractivity contribution is -0.121. The molecule has 32 heavy (non-hydrogen) atoms. The monoisotopic (exact) mass is 441 g/mol. The molecule has 8 heteroatoms. The van der Waals surface area contributed by atoms with Crippen molar-refractivity contribution in [1.29, 1.82) is 0 Å². The van der Waals surface area contributed by atoms with Crippen LogP contribution in [0.4, 0.5) is 10.5 Å². The lowest BCUT2D eigenvalue weighted by atomic mass is 9.98. The lowest BCUT2D eigenvalue weighted by Crippen LogP contribution is -2.53. The van der Waals surface area contributed by atoms with Crippen molar-refractivity contribution < 1.29 is 23.8 Å². The number of nitrogens with zero attached hydrogens (tertiary/aromatic N) is 1. The van der Waals surface area contributed by atoms with Crippen molar-refractivity contribution in [3.8, 4) is 17.4 Å². The number of fused-ring (bicyclic) bond motifs is 1. The number of hydrogen-bond acceptors (Lipinski definition) is 6. The Balaban J connectivity index is 1.63. The first kappa shape index (κ1) is 23.4. The third-order valence-electron chi connectivity index (χ3n) is 4.76. The summed E-state index contributed by atoms with van der Waals surface area (Å²) in [6, 6.07) is 9.09. The highest BCUT2D eigenvalue weighted by atomic mass is 16.6. The summed E-state index contributed by atoms with van der Waals surface area (Å²) >= 11 is 0. The van der Waals surface area contributed by atoms with Gasteiger partial charge in [0.25, 0.3) is 0 Å². The molecule has 1 aliphatic heterocycles. The molecule has 1 aliphatic rings. The molecule has 2 N–H and O–H groups in total. The number of pyridine rings is 1. The Kier molecular flexibility index (Phi) is 6.62. The molecule has 0 aliphatic carbocycles. The Bertz CT molecular complexity index is 980. The first-order chi connectivity index (χ1) is 14.9. The molecule has 0 radical (unpaired) electrons. The van der Waals surface area contributed by atoms with E-state index in [-0.39, 0.29) is 0 Å². The maximum absolute atomic E-state index is 12.6. The van der Waals surface area contributed by atoms with Crippen LogP contribution < -0.4 is 20.1 Å². The third kappa shape index (κ3) is 6.12. The fourth-order valence-corrected chi connectivity index (χ4v) is 3.15. The number of ether oxygens (including phenoxy) is 3. The van der Waals surface area contributed by atoms with E-state index in [0.717, 1.165) is 17.7 Å². The molecule has 0 spiro atoms. The van der Waals surface area contributed by atoms with Gasteiger partial charge in [0.15, 0.2) is 0 Å². The van der Waals surface area contributed by atoms with E-state index in [1.807, 2.05) is 18.2 Å². The van der Waals surface area contributed by atoms with Gasteiger partial charge in [0.05, 0.1) is 18.5 Å². The molecule has 8 nitrogen and oxygen atoms in total. The van der Waals surface area contributed by atoms with Crippen LogP contribution in [-0.4, -0.2) is 34.7 Å². The van der Waals surface area contributed by atoms with Gasteiger partial charge in [-0.05, 0) is 65.2 Å². The number of benzene rings is 1. The zero-order valence-corrected chi connectivity index (χ0v) is 19.4. The number of aromatic nitrogens is 1. The molecule has 2 amide bonds. The summed E-state index contributed by atoms with van der Waals surface area (Å²) < 4.78 is 17.0. The summed E-state index contributed by atoms with van der Waals surface area (Å²) in [7, 11) is 0. The van der Waals surface area contributed by atoms with Gasteiger partial charge in [0.1, 0.15) is 22.6 Å².